The van der Waals surface area contributed by atoms with Crippen LogP contribution in [0.25, 0.3) is 0 Å². The Morgan fingerprint density at radius 1 is 1.14 bits per heavy atom. The smallest absolute Gasteiger partial charge is 0.190 e. The van der Waals surface area contributed by atoms with E-state index in [-0.39, 0.29) is 6.61 Å². The summed E-state index contributed by atoms with van der Waals surface area (Å²) in [7, 11) is 0. The van der Waals surface area contributed by atoms with Gasteiger partial charge in [-0.1, -0.05) is 32.6 Å². The minimum atomic E-state index is -0.907. The van der Waals surface area contributed by atoms with Crippen molar-refractivity contribution < 1.29 is 29.2 Å². The average molecular weight is 318 g/mol. The maximum Gasteiger partial charge on any atom is 0.190 e. The molecule has 5 atom stereocenters. The SMILES string of the molecule is CCCCCCCOC[C@@H](O)[C@H]1O[C@@H]2OC(C)(C)O[C@@H]2[C@H]1O. The van der Waals surface area contributed by atoms with Gasteiger partial charge >= 0.3 is 0 Å². The molecule has 2 aliphatic heterocycles. The molecule has 130 valence electrons. The highest BCUT2D eigenvalue weighted by Crippen LogP contribution is 2.38. The third-order valence-corrected chi connectivity index (χ3v) is 4.11. The second-order valence-electron chi connectivity index (χ2n) is 6.62. The Kier molecular flexibility index (Phi) is 6.61. The summed E-state index contributed by atoms with van der Waals surface area (Å²) in [6.45, 7) is 6.50. The quantitative estimate of drug-likeness (QED) is 0.629. The Morgan fingerprint density at radius 3 is 2.55 bits per heavy atom. The van der Waals surface area contributed by atoms with Gasteiger partial charge in [-0.15, -0.1) is 0 Å². The van der Waals surface area contributed by atoms with Gasteiger partial charge < -0.3 is 29.2 Å². The summed E-state index contributed by atoms with van der Waals surface area (Å²) in [4.78, 5) is 0. The first-order valence-corrected chi connectivity index (χ1v) is 8.39. The largest absolute Gasteiger partial charge is 0.388 e. The predicted molar refractivity (Wildman–Crippen MR) is 80.3 cm³/mol. The average Bonchev–Trinajstić information content (AvgIpc) is 2.91. The summed E-state index contributed by atoms with van der Waals surface area (Å²) in [5.74, 6) is -0.763. The lowest BCUT2D eigenvalue weighted by Gasteiger charge is -2.25. The zero-order chi connectivity index (χ0) is 16.2. The number of hydrogen-bond acceptors (Lipinski definition) is 6. The van der Waals surface area contributed by atoms with E-state index >= 15 is 0 Å². The van der Waals surface area contributed by atoms with Gasteiger partial charge in [-0.05, 0) is 20.3 Å². The van der Waals surface area contributed by atoms with E-state index in [9.17, 15) is 10.2 Å². The molecule has 2 fully saturated rings. The molecule has 2 aliphatic rings. The Balaban J connectivity index is 1.64. The Hall–Kier alpha value is -0.240. The number of fused-ring (bicyclic) bond motifs is 1. The van der Waals surface area contributed by atoms with Crippen LogP contribution >= 0.6 is 0 Å². The van der Waals surface area contributed by atoms with Crippen LogP contribution in [0, 0.1) is 0 Å². The van der Waals surface area contributed by atoms with Crippen molar-refractivity contribution in [3.8, 4) is 0 Å². The molecule has 22 heavy (non-hydrogen) atoms. The van der Waals surface area contributed by atoms with E-state index < -0.39 is 36.5 Å². The van der Waals surface area contributed by atoms with Crippen molar-refractivity contribution in [2.75, 3.05) is 13.2 Å². The lowest BCUT2D eigenvalue weighted by molar-refractivity contribution is -0.228. The monoisotopic (exact) mass is 318 g/mol. The van der Waals surface area contributed by atoms with Crippen LogP contribution < -0.4 is 0 Å². The molecule has 2 saturated heterocycles. The molecule has 0 aromatic carbocycles. The summed E-state index contributed by atoms with van der Waals surface area (Å²) in [5, 5.41) is 20.3. The fraction of sp³-hybridized carbons (Fsp3) is 1.00. The Morgan fingerprint density at radius 2 is 1.86 bits per heavy atom. The van der Waals surface area contributed by atoms with Crippen LogP contribution in [-0.2, 0) is 18.9 Å². The van der Waals surface area contributed by atoms with E-state index in [1.165, 1.54) is 19.3 Å². The van der Waals surface area contributed by atoms with Gasteiger partial charge in [0.15, 0.2) is 12.1 Å². The zero-order valence-electron chi connectivity index (χ0n) is 13.9. The number of ether oxygens (including phenoxy) is 4. The minimum Gasteiger partial charge on any atom is -0.388 e. The van der Waals surface area contributed by atoms with Crippen molar-refractivity contribution in [3.05, 3.63) is 0 Å². The van der Waals surface area contributed by atoms with E-state index in [1.807, 2.05) is 0 Å². The fourth-order valence-corrected chi connectivity index (χ4v) is 2.94. The van der Waals surface area contributed by atoms with Crippen LogP contribution in [0.1, 0.15) is 52.9 Å². The standard InChI is InChI=1S/C16H30O6/c1-4-5-6-7-8-9-19-10-11(17)13-12(18)14-15(20-13)22-16(2,3)21-14/h11-15,17-18H,4-10H2,1-3H3/t11-,12+,13-,14-,15-/m1/s1. The van der Waals surface area contributed by atoms with Crippen molar-refractivity contribution in [1.82, 2.24) is 0 Å². The molecule has 2 N–H and O–H groups in total. The van der Waals surface area contributed by atoms with Crippen molar-refractivity contribution in [2.24, 2.45) is 0 Å². The molecule has 0 aliphatic carbocycles. The van der Waals surface area contributed by atoms with Gasteiger partial charge in [0.1, 0.15) is 24.4 Å². The van der Waals surface area contributed by atoms with Crippen LogP contribution in [0.3, 0.4) is 0 Å². The summed E-state index contributed by atoms with van der Waals surface area (Å²) in [6, 6.07) is 0. The molecule has 6 heteroatoms. The second kappa shape index (κ2) is 8.04. The highest BCUT2D eigenvalue weighted by atomic mass is 16.8. The molecule has 0 spiro atoms. The molecule has 0 bridgehead atoms. The maximum absolute atomic E-state index is 10.2. The molecule has 0 radical (unpaired) electrons. The molecule has 0 amide bonds. The van der Waals surface area contributed by atoms with E-state index in [1.54, 1.807) is 13.8 Å². The topological polar surface area (TPSA) is 77.4 Å². The first kappa shape index (κ1) is 18.1. The lowest BCUT2D eigenvalue weighted by Crippen LogP contribution is -2.42. The van der Waals surface area contributed by atoms with E-state index in [2.05, 4.69) is 6.92 Å². The normalized spacial score (nSPS) is 34.8. The molecule has 0 aromatic heterocycles. The van der Waals surface area contributed by atoms with Gasteiger partial charge in [-0.2, -0.15) is 0 Å². The number of aliphatic hydroxyl groups excluding tert-OH is 2. The second-order valence-corrected chi connectivity index (χ2v) is 6.62. The maximum atomic E-state index is 10.2. The number of hydrogen-bond donors (Lipinski definition) is 2. The Bertz CT molecular complexity index is 335. The number of aliphatic hydroxyl groups is 2. The van der Waals surface area contributed by atoms with Gasteiger partial charge in [-0.3, -0.25) is 0 Å². The molecular formula is C16H30O6. The highest BCUT2D eigenvalue weighted by molar-refractivity contribution is 4.95. The molecule has 0 aromatic rings. The third kappa shape index (κ3) is 4.63. The van der Waals surface area contributed by atoms with Crippen LogP contribution in [0.15, 0.2) is 0 Å². The summed E-state index contributed by atoms with van der Waals surface area (Å²) in [6.07, 6.45) is 2.14. The third-order valence-electron chi connectivity index (χ3n) is 4.11. The van der Waals surface area contributed by atoms with Crippen molar-refractivity contribution in [3.63, 3.8) is 0 Å². The van der Waals surface area contributed by atoms with Gasteiger partial charge in [0.2, 0.25) is 0 Å². The molecule has 2 heterocycles. The zero-order valence-corrected chi connectivity index (χ0v) is 13.9. The fourth-order valence-electron chi connectivity index (χ4n) is 2.94. The molecule has 2 rings (SSSR count). The number of rotatable bonds is 9. The van der Waals surface area contributed by atoms with Crippen molar-refractivity contribution in [1.29, 1.82) is 0 Å². The molecule has 6 nitrogen and oxygen atoms in total. The van der Waals surface area contributed by atoms with E-state index in [0.717, 1.165) is 12.8 Å². The van der Waals surface area contributed by atoms with Crippen LogP contribution in [0.4, 0.5) is 0 Å². The first-order valence-electron chi connectivity index (χ1n) is 8.39. The van der Waals surface area contributed by atoms with Crippen LogP contribution in [-0.4, -0.2) is 59.9 Å². The van der Waals surface area contributed by atoms with Gasteiger partial charge in [-0.25, -0.2) is 0 Å². The van der Waals surface area contributed by atoms with Crippen molar-refractivity contribution in [2.45, 2.75) is 89.4 Å². The highest BCUT2D eigenvalue weighted by Gasteiger charge is 2.55. The first-order chi connectivity index (χ1) is 10.4. The minimum absolute atomic E-state index is 0.151. The lowest BCUT2D eigenvalue weighted by atomic mass is 10.1. The van der Waals surface area contributed by atoms with E-state index in [4.69, 9.17) is 18.9 Å². The van der Waals surface area contributed by atoms with E-state index in [0.29, 0.717) is 6.61 Å². The van der Waals surface area contributed by atoms with Gasteiger partial charge in [0.25, 0.3) is 0 Å². The van der Waals surface area contributed by atoms with Gasteiger partial charge in [0, 0.05) is 6.61 Å². The summed E-state index contributed by atoms with van der Waals surface area (Å²) in [5.41, 5.74) is 0. The van der Waals surface area contributed by atoms with Crippen LogP contribution in [0.5, 0.6) is 0 Å². The molecule has 0 unspecified atom stereocenters. The number of unbranched alkanes of at least 4 members (excludes halogenated alkanes) is 4. The van der Waals surface area contributed by atoms with Gasteiger partial charge in [0.05, 0.1) is 6.61 Å². The summed E-state index contributed by atoms with van der Waals surface area (Å²) >= 11 is 0. The van der Waals surface area contributed by atoms with Crippen molar-refractivity contribution >= 4 is 0 Å². The molecule has 0 saturated carbocycles. The summed E-state index contributed by atoms with van der Waals surface area (Å²) < 4.78 is 22.2. The van der Waals surface area contributed by atoms with Crippen LogP contribution in [0.2, 0.25) is 0 Å². The Labute approximate surface area is 132 Å². The molecular weight excluding hydrogens is 288 g/mol. The predicted octanol–water partition coefficient (Wildman–Crippen LogP) is 1.57.